The molecule has 2 aliphatic rings. The van der Waals surface area contributed by atoms with Crippen LogP contribution in [0.2, 0.25) is 0 Å². The van der Waals surface area contributed by atoms with Crippen molar-refractivity contribution in [3.05, 3.63) is 225 Å². The fraction of sp³-hybridized carbons (Fsp3) is 0.231. The fourth-order valence-electron chi connectivity index (χ4n) is 11.5. The molecule has 8 aromatic carbocycles. The van der Waals surface area contributed by atoms with Gasteiger partial charge < -0.3 is 28.7 Å². The third-order valence-corrected chi connectivity index (χ3v) is 16.8. The molecule has 18 heteroatoms. The van der Waals surface area contributed by atoms with Crippen molar-refractivity contribution in [3.8, 4) is 51.7 Å². The van der Waals surface area contributed by atoms with E-state index >= 15 is 0 Å². The Labute approximate surface area is 493 Å². The van der Waals surface area contributed by atoms with E-state index in [0.717, 1.165) is 56.1 Å². The van der Waals surface area contributed by atoms with Gasteiger partial charge >= 0.3 is 0 Å². The normalized spacial score (nSPS) is 14.7. The summed E-state index contributed by atoms with van der Waals surface area (Å²) in [5, 5.41) is 9.33. The number of aryl methyl sites for hydroxylation is 2. The summed E-state index contributed by atoms with van der Waals surface area (Å²) in [6.45, 7) is 3.69. The zero-order chi connectivity index (χ0) is 58.1. The van der Waals surface area contributed by atoms with E-state index in [9.17, 15) is 22.6 Å². The lowest BCUT2D eigenvalue weighted by atomic mass is 9.65. The predicted molar refractivity (Wildman–Crippen MR) is 316 cm³/mol. The maximum Gasteiger partial charge on any atom is 0.298 e. The van der Waals surface area contributed by atoms with Gasteiger partial charge in [0.15, 0.2) is 23.1 Å². The second kappa shape index (κ2) is 25.9. The fourth-order valence-corrected chi connectivity index (χ4v) is 12.2. The van der Waals surface area contributed by atoms with Crippen molar-refractivity contribution in [2.24, 2.45) is 0 Å². The summed E-state index contributed by atoms with van der Waals surface area (Å²) in [6, 6.07) is 50.3. The van der Waals surface area contributed by atoms with E-state index < -0.39 is 20.4 Å². The molecule has 2 aliphatic carbocycles. The summed E-state index contributed by atoms with van der Waals surface area (Å²) in [7, 11) is -3.29. The third-order valence-electron chi connectivity index (χ3n) is 15.8. The van der Waals surface area contributed by atoms with Crippen molar-refractivity contribution >= 4 is 47.5 Å². The first-order valence-corrected chi connectivity index (χ1v) is 29.2. The van der Waals surface area contributed by atoms with Gasteiger partial charge in [0.2, 0.25) is 5.75 Å². The molecular weight excluding hydrogens is 1120 g/mol. The summed E-state index contributed by atoms with van der Waals surface area (Å²) in [4.78, 5) is 37.3. The number of hydrogen-bond donors (Lipinski definition) is 3. The first kappa shape index (κ1) is 58.5. The Bertz CT molecular complexity index is 3710. The monoisotopic (exact) mass is 1180 g/mol. The average Bonchev–Trinajstić information content (AvgIpc) is 3.71. The van der Waals surface area contributed by atoms with Crippen molar-refractivity contribution in [1.82, 2.24) is 0 Å². The van der Waals surface area contributed by atoms with E-state index in [4.69, 9.17) is 28.7 Å². The molecule has 0 amide bonds. The number of hydrogen-bond acceptors (Lipinski definition) is 16. The van der Waals surface area contributed by atoms with Crippen molar-refractivity contribution < 1.29 is 70.0 Å². The lowest BCUT2D eigenvalue weighted by Gasteiger charge is -2.39. The van der Waals surface area contributed by atoms with Gasteiger partial charge in [-0.1, -0.05) is 81.0 Å². The maximum absolute atomic E-state index is 14.1. The number of thiol groups is 2. The summed E-state index contributed by atoms with van der Waals surface area (Å²) in [5.41, 5.74) is 6.13. The molecule has 0 unspecified atom stereocenters. The molecule has 0 aromatic heterocycles. The van der Waals surface area contributed by atoms with Gasteiger partial charge in [-0.25, -0.2) is 0 Å². The van der Waals surface area contributed by atoms with Crippen LogP contribution in [0.5, 0.6) is 51.7 Å². The van der Waals surface area contributed by atoms with Crippen LogP contribution in [0.25, 0.3) is 0 Å². The highest BCUT2D eigenvalue weighted by Crippen LogP contribution is 2.49. The van der Waals surface area contributed by atoms with Gasteiger partial charge in [-0.2, -0.15) is 8.42 Å². The van der Waals surface area contributed by atoms with Gasteiger partial charge in [-0.15, -0.1) is 8.67 Å². The van der Waals surface area contributed by atoms with Crippen LogP contribution in [0.15, 0.2) is 175 Å². The van der Waals surface area contributed by atoms with Crippen LogP contribution < -0.4 is 28.7 Å². The summed E-state index contributed by atoms with van der Waals surface area (Å²) in [6.07, 6.45) is 9.43. The van der Waals surface area contributed by atoms with Crippen molar-refractivity contribution in [2.75, 3.05) is 7.11 Å². The van der Waals surface area contributed by atoms with Gasteiger partial charge in [0.05, 0.1) is 7.11 Å². The lowest BCUT2D eigenvalue weighted by Crippen LogP contribution is -2.31. The Kier molecular flexibility index (Phi) is 18.2. The zero-order valence-corrected chi connectivity index (χ0v) is 48.3. The van der Waals surface area contributed by atoms with Gasteiger partial charge in [-0.05, 0) is 210 Å². The highest BCUT2D eigenvalue weighted by atomic mass is 32.2. The van der Waals surface area contributed by atoms with Crippen molar-refractivity contribution in [1.29, 1.82) is 0 Å². The van der Waals surface area contributed by atoms with Crippen LogP contribution in [0, 0.1) is 13.8 Å². The Morgan fingerprint density at radius 2 is 0.855 bits per heavy atom. The number of methoxy groups -OCH3 is 1. The molecule has 2 fully saturated rings. The van der Waals surface area contributed by atoms with Gasteiger partial charge in [-0.3, -0.25) is 14.1 Å². The van der Waals surface area contributed by atoms with E-state index in [1.54, 1.807) is 79.9 Å². The number of carbonyl (C=O) groups excluding carboxylic acids is 2. The quantitative estimate of drug-likeness (QED) is 0.0145. The molecule has 0 atom stereocenters. The number of benzene rings is 8. The molecule has 0 heterocycles. The maximum atomic E-state index is 14.1. The molecule has 428 valence electrons. The highest BCUT2D eigenvalue weighted by Gasteiger charge is 2.39. The molecule has 0 bridgehead atoms. The topological polar surface area (TPSA) is 181 Å². The van der Waals surface area contributed by atoms with Gasteiger partial charge in [0, 0.05) is 58.9 Å². The average molecular weight is 1180 g/mol. The van der Waals surface area contributed by atoms with Crippen molar-refractivity contribution in [3.63, 3.8) is 0 Å². The highest BCUT2D eigenvalue weighted by molar-refractivity contribution is 7.86. The second-order valence-electron chi connectivity index (χ2n) is 20.8. The predicted octanol–water partition coefficient (Wildman–Crippen LogP) is 16.1. The number of rotatable bonds is 22. The van der Waals surface area contributed by atoms with Crippen LogP contribution in [0.4, 0.5) is 0 Å². The van der Waals surface area contributed by atoms with Gasteiger partial charge in [0.1, 0.15) is 39.4 Å². The lowest BCUT2D eigenvalue weighted by molar-refractivity contribution is -0.402. The Hall–Kier alpha value is -7.65. The Balaban J connectivity index is 0.824. The minimum atomic E-state index is -4.88. The minimum Gasteiger partial charge on any atom is -0.497 e. The molecule has 2 saturated carbocycles. The molecular formula is C65H60O15S3. The first-order chi connectivity index (χ1) is 40.2. The number of carbonyl (C=O) groups is 2. The molecule has 10 rings (SSSR count). The Morgan fingerprint density at radius 3 is 1.40 bits per heavy atom. The summed E-state index contributed by atoms with van der Waals surface area (Å²) < 4.78 is 69.7. The number of ketones is 2. The SMILES string of the molecule is COc1ccc(C(=O)c2ccc(Oc3ccc(C4(c5ccc(Oc6ccc(C(=O)c7ccc(Oc8ccc(C9(c%10ccc(C)c(OOOS)c%10)CCCCC9)cc8S(=O)(=O)O)c(OOOS)c7)cc6C)cc5)CCCCC4)cc3)cc2)cc1. The van der Waals surface area contributed by atoms with Crippen molar-refractivity contribution in [2.45, 2.75) is 93.8 Å². The largest absolute Gasteiger partial charge is 0.497 e. The molecule has 83 heavy (non-hydrogen) atoms. The van der Waals surface area contributed by atoms with E-state index in [2.05, 4.69) is 68.8 Å². The van der Waals surface area contributed by atoms with Crippen LogP contribution >= 0.6 is 25.8 Å². The van der Waals surface area contributed by atoms with E-state index in [-0.39, 0.29) is 39.8 Å². The Morgan fingerprint density at radius 1 is 0.422 bits per heavy atom. The molecule has 0 saturated heterocycles. The summed E-state index contributed by atoms with van der Waals surface area (Å²) in [5.74, 6) is 2.65. The molecule has 15 nitrogen and oxygen atoms in total. The molecule has 8 aromatic rings. The molecule has 0 radical (unpaired) electrons. The molecule has 1 N–H and O–H groups in total. The first-order valence-electron chi connectivity index (χ1n) is 27.1. The third kappa shape index (κ3) is 13.1. The van der Waals surface area contributed by atoms with Crippen LogP contribution in [0.1, 0.15) is 129 Å². The zero-order valence-electron chi connectivity index (χ0n) is 45.7. The summed E-state index contributed by atoms with van der Waals surface area (Å²) >= 11 is 7.20. The van der Waals surface area contributed by atoms with Crippen LogP contribution in [-0.4, -0.2) is 31.6 Å². The standard InChI is InChI=1S/C65H60O15S3/c1-42-10-17-50(40-59(42)75-77-79-81)65(36-8-5-9-37-65)51-22-33-58(61(41-51)83(68,69)70)74-57-32-16-47(39-60(57)76-78-80-82)63(67)46-15-31-56(43(2)38-46)73-55-29-20-49(21-30-55)64(34-6-4-7-35-64)48-18-27-54(28-19-48)72-53-25-13-45(14-26-53)62(66)44-11-23-52(71-3)24-12-44/h10-33,38-41,81-82H,4-9,34-37H2,1-3H3,(H,68,69,70). The van der Waals surface area contributed by atoms with E-state index in [1.807, 2.05) is 56.3 Å². The molecule has 0 spiro atoms. The smallest absolute Gasteiger partial charge is 0.298 e. The van der Waals surface area contributed by atoms with E-state index in [1.165, 1.54) is 47.9 Å². The second-order valence-corrected chi connectivity index (χ2v) is 22.5. The minimum absolute atomic E-state index is 0.0759. The number of ether oxygens (including phenoxy) is 4. The molecule has 0 aliphatic heterocycles. The van der Waals surface area contributed by atoms with Crippen LogP contribution in [0.3, 0.4) is 0 Å². The van der Waals surface area contributed by atoms with E-state index in [0.29, 0.717) is 75.2 Å². The van der Waals surface area contributed by atoms with Gasteiger partial charge in [0.25, 0.3) is 10.1 Å². The van der Waals surface area contributed by atoms with Crippen LogP contribution in [-0.2, 0) is 39.7 Å².